The molecule has 3 rings (SSSR count). The minimum Gasteiger partial charge on any atom is -0.326 e. The van der Waals surface area contributed by atoms with Crippen molar-refractivity contribution in [3.8, 4) is 0 Å². The van der Waals surface area contributed by atoms with E-state index in [0.717, 1.165) is 18.4 Å². The van der Waals surface area contributed by atoms with Gasteiger partial charge in [-0.1, -0.05) is 26.0 Å². The topological polar surface area (TPSA) is 58.2 Å². The Morgan fingerprint density at radius 2 is 1.65 bits per heavy atom. The molecule has 0 fully saturated rings. The van der Waals surface area contributed by atoms with Crippen LogP contribution in [0.5, 0.6) is 0 Å². The molecule has 0 saturated carbocycles. The highest BCUT2D eigenvalue weighted by molar-refractivity contribution is 6.05. The molecule has 1 aliphatic carbocycles. The molecule has 0 spiro atoms. The summed E-state index contributed by atoms with van der Waals surface area (Å²) in [6.07, 6.45) is 4.57. The smallest absolute Gasteiger partial charge is 0.255 e. The summed E-state index contributed by atoms with van der Waals surface area (Å²) in [6.45, 7) is 5.64. The highest BCUT2D eigenvalue weighted by atomic mass is 16.2. The summed E-state index contributed by atoms with van der Waals surface area (Å²) in [6, 6.07) is 11.6. The van der Waals surface area contributed by atoms with Crippen LogP contribution >= 0.6 is 0 Å². The maximum Gasteiger partial charge on any atom is 0.255 e. The molecular weight excluding hydrogens is 324 g/mol. The molecule has 1 aliphatic rings. The number of rotatable bonds is 4. The molecule has 2 aromatic carbocycles. The molecule has 0 bridgehead atoms. The summed E-state index contributed by atoms with van der Waals surface area (Å²) >= 11 is 0. The van der Waals surface area contributed by atoms with Crippen molar-refractivity contribution >= 4 is 23.2 Å². The van der Waals surface area contributed by atoms with Gasteiger partial charge >= 0.3 is 0 Å². The maximum atomic E-state index is 12.7. The summed E-state index contributed by atoms with van der Waals surface area (Å²) in [5.74, 6) is -0.250. The van der Waals surface area contributed by atoms with E-state index in [1.165, 1.54) is 24.0 Å². The third-order valence-electron chi connectivity index (χ3n) is 4.89. The SMILES string of the molecule is Cc1ccc(NC(=O)C(C)C)cc1NC(=O)c1ccc2c(c1)CCCC2. The van der Waals surface area contributed by atoms with E-state index in [1.54, 1.807) is 0 Å². The Bertz CT molecular complexity index is 840. The van der Waals surface area contributed by atoms with Crippen LogP contribution < -0.4 is 10.6 Å². The highest BCUT2D eigenvalue weighted by Gasteiger charge is 2.14. The number of anilines is 2. The largest absolute Gasteiger partial charge is 0.326 e. The second kappa shape index (κ2) is 7.73. The van der Waals surface area contributed by atoms with Gasteiger partial charge in [0.25, 0.3) is 5.91 Å². The lowest BCUT2D eigenvalue weighted by Crippen LogP contribution is -2.18. The van der Waals surface area contributed by atoms with E-state index in [-0.39, 0.29) is 17.7 Å². The van der Waals surface area contributed by atoms with Crippen molar-refractivity contribution in [1.82, 2.24) is 0 Å². The molecule has 2 aromatic rings. The van der Waals surface area contributed by atoms with Crippen molar-refractivity contribution in [3.05, 3.63) is 58.7 Å². The number of amides is 2. The normalized spacial score (nSPS) is 13.2. The molecule has 0 radical (unpaired) electrons. The van der Waals surface area contributed by atoms with Gasteiger partial charge in [0, 0.05) is 22.9 Å². The fraction of sp³-hybridized carbons (Fsp3) is 0.364. The van der Waals surface area contributed by atoms with Crippen molar-refractivity contribution < 1.29 is 9.59 Å². The molecule has 0 unspecified atom stereocenters. The minimum absolute atomic E-state index is 0.0409. The van der Waals surface area contributed by atoms with Crippen molar-refractivity contribution in [2.45, 2.75) is 46.5 Å². The number of hydrogen-bond acceptors (Lipinski definition) is 2. The molecule has 0 atom stereocenters. The zero-order chi connectivity index (χ0) is 18.7. The highest BCUT2D eigenvalue weighted by Crippen LogP contribution is 2.24. The molecule has 0 aliphatic heterocycles. The summed E-state index contributed by atoms with van der Waals surface area (Å²) in [5.41, 5.74) is 5.70. The van der Waals surface area contributed by atoms with Crippen LogP contribution in [0.3, 0.4) is 0 Å². The van der Waals surface area contributed by atoms with Gasteiger partial charge in [-0.3, -0.25) is 9.59 Å². The van der Waals surface area contributed by atoms with Crippen LogP contribution in [-0.4, -0.2) is 11.8 Å². The Balaban J connectivity index is 1.77. The molecule has 2 N–H and O–H groups in total. The van der Waals surface area contributed by atoms with Gasteiger partial charge in [0.05, 0.1) is 0 Å². The number of hydrogen-bond donors (Lipinski definition) is 2. The first-order valence-electron chi connectivity index (χ1n) is 9.28. The van der Waals surface area contributed by atoms with Gasteiger partial charge in [-0.2, -0.15) is 0 Å². The number of aryl methyl sites for hydroxylation is 3. The van der Waals surface area contributed by atoms with Crippen LogP contribution in [0.4, 0.5) is 11.4 Å². The van der Waals surface area contributed by atoms with E-state index in [9.17, 15) is 9.59 Å². The lowest BCUT2D eigenvalue weighted by molar-refractivity contribution is -0.118. The first kappa shape index (κ1) is 18.2. The van der Waals surface area contributed by atoms with Gasteiger partial charge in [-0.05, 0) is 73.6 Å². The van der Waals surface area contributed by atoms with Crippen molar-refractivity contribution in [2.75, 3.05) is 10.6 Å². The minimum atomic E-state index is -0.117. The summed E-state index contributed by atoms with van der Waals surface area (Å²) in [7, 11) is 0. The Kier molecular flexibility index (Phi) is 5.40. The molecular formula is C22H26N2O2. The van der Waals surface area contributed by atoms with Gasteiger partial charge in [-0.25, -0.2) is 0 Å². The predicted octanol–water partition coefficient (Wildman–Crippen LogP) is 4.72. The van der Waals surface area contributed by atoms with E-state index in [2.05, 4.69) is 16.7 Å². The Hall–Kier alpha value is -2.62. The number of carbonyl (C=O) groups is 2. The molecule has 2 amide bonds. The first-order valence-corrected chi connectivity index (χ1v) is 9.28. The monoisotopic (exact) mass is 350 g/mol. The van der Waals surface area contributed by atoms with Crippen LogP contribution in [0.25, 0.3) is 0 Å². The van der Waals surface area contributed by atoms with Crippen LogP contribution in [-0.2, 0) is 17.6 Å². The summed E-state index contributed by atoms with van der Waals surface area (Å²) in [5, 5.41) is 5.86. The lowest BCUT2D eigenvalue weighted by atomic mass is 9.90. The van der Waals surface area contributed by atoms with Crippen molar-refractivity contribution in [3.63, 3.8) is 0 Å². The second-order valence-electron chi connectivity index (χ2n) is 7.32. The Morgan fingerprint density at radius 1 is 0.923 bits per heavy atom. The summed E-state index contributed by atoms with van der Waals surface area (Å²) in [4.78, 5) is 24.6. The third kappa shape index (κ3) is 4.13. The second-order valence-corrected chi connectivity index (χ2v) is 7.32. The molecule has 26 heavy (non-hydrogen) atoms. The van der Waals surface area contributed by atoms with E-state index >= 15 is 0 Å². The van der Waals surface area contributed by atoms with E-state index in [0.29, 0.717) is 16.9 Å². The number of benzene rings is 2. The predicted molar refractivity (Wildman–Crippen MR) is 106 cm³/mol. The number of carbonyl (C=O) groups excluding carboxylic acids is 2. The molecule has 4 nitrogen and oxygen atoms in total. The Labute approximate surface area is 155 Å². The summed E-state index contributed by atoms with van der Waals surface area (Å²) < 4.78 is 0. The van der Waals surface area contributed by atoms with E-state index in [4.69, 9.17) is 0 Å². The first-order chi connectivity index (χ1) is 12.4. The van der Waals surface area contributed by atoms with Gasteiger partial charge in [0.1, 0.15) is 0 Å². The molecule has 136 valence electrons. The van der Waals surface area contributed by atoms with Gasteiger partial charge in [0.2, 0.25) is 5.91 Å². The molecule has 0 heterocycles. The van der Waals surface area contributed by atoms with Crippen LogP contribution in [0, 0.1) is 12.8 Å². The van der Waals surface area contributed by atoms with Crippen LogP contribution in [0.15, 0.2) is 36.4 Å². The average Bonchev–Trinajstić information content (AvgIpc) is 2.63. The zero-order valence-corrected chi connectivity index (χ0v) is 15.7. The molecule has 0 saturated heterocycles. The van der Waals surface area contributed by atoms with Crippen molar-refractivity contribution in [2.24, 2.45) is 5.92 Å². The maximum absolute atomic E-state index is 12.7. The molecule has 4 heteroatoms. The van der Waals surface area contributed by atoms with Crippen molar-refractivity contribution in [1.29, 1.82) is 0 Å². The van der Waals surface area contributed by atoms with Gasteiger partial charge in [-0.15, -0.1) is 0 Å². The van der Waals surface area contributed by atoms with E-state index in [1.807, 2.05) is 51.1 Å². The average molecular weight is 350 g/mol. The van der Waals surface area contributed by atoms with Gasteiger partial charge in [0.15, 0.2) is 0 Å². The Morgan fingerprint density at radius 3 is 2.38 bits per heavy atom. The van der Waals surface area contributed by atoms with Gasteiger partial charge < -0.3 is 10.6 Å². The lowest BCUT2D eigenvalue weighted by Gasteiger charge is -2.17. The number of nitrogens with one attached hydrogen (secondary N) is 2. The standard InChI is InChI=1S/C22H26N2O2/c1-14(2)21(25)23-19-11-8-15(3)20(13-19)24-22(26)18-10-9-16-6-4-5-7-17(16)12-18/h8-14H,4-7H2,1-3H3,(H,23,25)(H,24,26). The molecule has 0 aromatic heterocycles. The van der Waals surface area contributed by atoms with E-state index < -0.39 is 0 Å². The fourth-order valence-corrected chi connectivity index (χ4v) is 3.19. The quantitative estimate of drug-likeness (QED) is 0.838. The zero-order valence-electron chi connectivity index (χ0n) is 15.7. The number of fused-ring (bicyclic) bond motifs is 1. The van der Waals surface area contributed by atoms with Crippen LogP contribution in [0.2, 0.25) is 0 Å². The third-order valence-corrected chi connectivity index (χ3v) is 4.89. The fourth-order valence-electron chi connectivity index (χ4n) is 3.19. The van der Waals surface area contributed by atoms with Crippen LogP contribution in [0.1, 0.15) is 53.7 Å².